The van der Waals surface area contributed by atoms with Gasteiger partial charge >= 0.3 is 0 Å². The van der Waals surface area contributed by atoms with Crippen LogP contribution in [-0.4, -0.2) is 21.2 Å². The van der Waals surface area contributed by atoms with Gasteiger partial charge in [0.15, 0.2) is 10.8 Å². The van der Waals surface area contributed by atoms with Crippen molar-refractivity contribution in [2.24, 2.45) is 0 Å². The Hall–Kier alpha value is -1.80. The summed E-state index contributed by atoms with van der Waals surface area (Å²) < 4.78 is 0. The highest BCUT2D eigenvalue weighted by Gasteiger charge is 2.20. The standard InChI is InChI=1S/C12H12ClN5/c13-11-8(5-14)10(16-7-3-1-2-4-7)9-6-15-18-12(9)17-11/h6-7H,1-4H2,(H2,15,16,17,18). The van der Waals surface area contributed by atoms with Crippen LogP contribution in [0.2, 0.25) is 5.15 Å². The molecule has 0 bridgehead atoms. The molecule has 0 saturated heterocycles. The molecule has 0 atom stereocenters. The number of anilines is 1. The zero-order valence-electron chi connectivity index (χ0n) is 9.70. The van der Waals surface area contributed by atoms with Crippen LogP contribution >= 0.6 is 11.6 Å². The van der Waals surface area contributed by atoms with Gasteiger partial charge in [0, 0.05) is 6.04 Å². The first-order valence-corrected chi connectivity index (χ1v) is 6.36. The fourth-order valence-electron chi connectivity index (χ4n) is 2.47. The van der Waals surface area contributed by atoms with Crippen LogP contribution in [0.5, 0.6) is 0 Å². The number of aromatic nitrogens is 3. The van der Waals surface area contributed by atoms with Gasteiger partial charge in [0.05, 0.1) is 17.3 Å². The van der Waals surface area contributed by atoms with Gasteiger partial charge in [0.2, 0.25) is 0 Å². The zero-order valence-corrected chi connectivity index (χ0v) is 10.5. The molecule has 0 amide bonds. The minimum atomic E-state index is 0.217. The summed E-state index contributed by atoms with van der Waals surface area (Å²) in [7, 11) is 0. The predicted octanol–water partition coefficient (Wildman–Crippen LogP) is 2.84. The minimum Gasteiger partial charge on any atom is -0.381 e. The number of aromatic amines is 1. The first-order chi connectivity index (χ1) is 8.79. The van der Waals surface area contributed by atoms with Crippen molar-refractivity contribution in [2.45, 2.75) is 31.7 Å². The molecule has 1 saturated carbocycles. The number of nitriles is 1. The molecule has 2 N–H and O–H groups in total. The van der Waals surface area contributed by atoms with Crippen molar-refractivity contribution in [3.63, 3.8) is 0 Å². The molecule has 2 aromatic rings. The molecule has 92 valence electrons. The van der Waals surface area contributed by atoms with E-state index in [2.05, 4.69) is 26.6 Å². The Morgan fingerprint density at radius 3 is 2.94 bits per heavy atom. The Balaban J connectivity index is 2.11. The Morgan fingerprint density at radius 2 is 2.22 bits per heavy atom. The number of pyridine rings is 1. The molecule has 1 fully saturated rings. The van der Waals surface area contributed by atoms with E-state index >= 15 is 0 Å². The highest BCUT2D eigenvalue weighted by Crippen LogP contribution is 2.32. The van der Waals surface area contributed by atoms with Gasteiger partial charge < -0.3 is 5.32 Å². The molecule has 1 aliphatic rings. The van der Waals surface area contributed by atoms with Crippen molar-refractivity contribution in [3.8, 4) is 6.07 Å². The number of nitrogens with zero attached hydrogens (tertiary/aromatic N) is 3. The topological polar surface area (TPSA) is 77.4 Å². The zero-order chi connectivity index (χ0) is 12.5. The SMILES string of the molecule is N#Cc1c(Cl)nc2[nH]ncc2c1NC1CCCC1. The molecule has 0 spiro atoms. The molecule has 0 unspecified atom stereocenters. The van der Waals surface area contributed by atoms with Crippen LogP contribution in [0.25, 0.3) is 11.0 Å². The summed E-state index contributed by atoms with van der Waals surface area (Å²) >= 11 is 6.03. The largest absolute Gasteiger partial charge is 0.381 e. The number of H-pyrrole nitrogens is 1. The van der Waals surface area contributed by atoms with Gasteiger partial charge in [-0.05, 0) is 12.8 Å². The molecule has 0 radical (unpaired) electrons. The second-order valence-electron chi connectivity index (χ2n) is 4.52. The van der Waals surface area contributed by atoms with Crippen molar-refractivity contribution >= 4 is 28.3 Å². The van der Waals surface area contributed by atoms with E-state index in [1.807, 2.05) is 0 Å². The molecular formula is C12H12ClN5. The number of halogens is 1. The molecule has 18 heavy (non-hydrogen) atoms. The smallest absolute Gasteiger partial charge is 0.159 e. The van der Waals surface area contributed by atoms with Crippen LogP contribution in [0, 0.1) is 11.3 Å². The third-order valence-electron chi connectivity index (χ3n) is 3.37. The van der Waals surface area contributed by atoms with Crippen LogP contribution in [0.3, 0.4) is 0 Å². The summed E-state index contributed by atoms with van der Waals surface area (Å²) in [5.74, 6) is 0. The monoisotopic (exact) mass is 261 g/mol. The lowest BCUT2D eigenvalue weighted by Crippen LogP contribution is -2.16. The van der Waals surface area contributed by atoms with Crippen LogP contribution in [0.1, 0.15) is 31.2 Å². The Kier molecular flexibility index (Phi) is 2.80. The summed E-state index contributed by atoms with van der Waals surface area (Å²) in [4.78, 5) is 4.13. The summed E-state index contributed by atoms with van der Waals surface area (Å²) in [5.41, 5.74) is 1.77. The quantitative estimate of drug-likeness (QED) is 0.815. The third kappa shape index (κ3) is 1.79. The summed E-state index contributed by atoms with van der Waals surface area (Å²) in [6.07, 6.45) is 6.39. The highest BCUT2D eigenvalue weighted by molar-refractivity contribution is 6.31. The lowest BCUT2D eigenvalue weighted by atomic mass is 10.1. The van der Waals surface area contributed by atoms with Crippen molar-refractivity contribution in [2.75, 3.05) is 5.32 Å². The summed E-state index contributed by atoms with van der Waals surface area (Å²) in [5, 5.41) is 20.4. The molecule has 2 aromatic heterocycles. The second-order valence-corrected chi connectivity index (χ2v) is 4.88. The fourth-order valence-corrected chi connectivity index (χ4v) is 2.69. The highest BCUT2D eigenvalue weighted by atomic mass is 35.5. The summed E-state index contributed by atoms with van der Waals surface area (Å²) in [6.45, 7) is 0. The van der Waals surface area contributed by atoms with E-state index in [9.17, 15) is 5.26 Å². The molecule has 6 heteroatoms. The Morgan fingerprint density at radius 1 is 1.44 bits per heavy atom. The fraction of sp³-hybridized carbons (Fsp3) is 0.417. The van der Waals surface area contributed by atoms with Crippen LogP contribution in [0.4, 0.5) is 5.69 Å². The first-order valence-electron chi connectivity index (χ1n) is 5.99. The maximum absolute atomic E-state index is 9.23. The maximum atomic E-state index is 9.23. The van der Waals surface area contributed by atoms with Crippen LogP contribution in [0.15, 0.2) is 6.20 Å². The average Bonchev–Trinajstić information content (AvgIpc) is 2.99. The van der Waals surface area contributed by atoms with Gasteiger partial charge in [-0.3, -0.25) is 5.10 Å². The van der Waals surface area contributed by atoms with E-state index in [-0.39, 0.29) is 5.15 Å². The molecule has 2 heterocycles. The van der Waals surface area contributed by atoms with E-state index < -0.39 is 0 Å². The minimum absolute atomic E-state index is 0.217. The van der Waals surface area contributed by atoms with Crippen molar-refractivity contribution in [1.29, 1.82) is 5.26 Å². The van der Waals surface area contributed by atoms with Gasteiger partial charge in [-0.1, -0.05) is 24.4 Å². The Bertz CT molecular complexity index is 621. The van der Waals surface area contributed by atoms with Gasteiger partial charge in [-0.2, -0.15) is 10.4 Å². The summed E-state index contributed by atoms with van der Waals surface area (Å²) in [6, 6.07) is 2.53. The second kappa shape index (κ2) is 4.46. The number of hydrogen-bond donors (Lipinski definition) is 2. The van der Waals surface area contributed by atoms with E-state index in [1.54, 1.807) is 6.20 Å². The first kappa shape index (κ1) is 11.3. The maximum Gasteiger partial charge on any atom is 0.159 e. The molecule has 5 nitrogen and oxygen atoms in total. The lowest BCUT2D eigenvalue weighted by Gasteiger charge is -2.15. The van der Waals surface area contributed by atoms with Crippen LogP contribution < -0.4 is 5.32 Å². The van der Waals surface area contributed by atoms with Gasteiger partial charge in [0.25, 0.3) is 0 Å². The van der Waals surface area contributed by atoms with E-state index in [4.69, 9.17) is 11.6 Å². The van der Waals surface area contributed by atoms with Gasteiger partial charge in [-0.25, -0.2) is 4.98 Å². The predicted molar refractivity (Wildman–Crippen MR) is 69.5 cm³/mol. The Labute approximate surface area is 109 Å². The number of hydrogen-bond acceptors (Lipinski definition) is 4. The number of fused-ring (bicyclic) bond motifs is 1. The number of nitrogens with one attached hydrogen (secondary N) is 2. The van der Waals surface area contributed by atoms with Crippen LogP contribution in [-0.2, 0) is 0 Å². The normalized spacial score (nSPS) is 16.0. The van der Waals surface area contributed by atoms with Crippen molar-refractivity contribution in [1.82, 2.24) is 15.2 Å². The van der Waals surface area contributed by atoms with Crippen molar-refractivity contribution < 1.29 is 0 Å². The van der Waals surface area contributed by atoms with Gasteiger partial charge in [-0.15, -0.1) is 0 Å². The molecule has 0 aliphatic heterocycles. The lowest BCUT2D eigenvalue weighted by molar-refractivity contribution is 0.756. The van der Waals surface area contributed by atoms with Crippen molar-refractivity contribution in [3.05, 3.63) is 16.9 Å². The molecule has 1 aliphatic carbocycles. The molecular weight excluding hydrogens is 250 g/mol. The van der Waals surface area contributed by atoms with Gasteiger partial charge in [0.1, 0.15) is 11.6 Å². The molecule has 3 rings (SSSR count). The van der Waals surface area contributed by atoms with E-state index in [0.717, 1.165) is 23.9 Å². The third-order valence-corrected chi connectivity index (χ3v) is 3.64. The van der Waals surface area contributed by atoms with E-state index in [0.29, 0.717) is 17.3 Å². The average molecular weight is 262 g/mol. The number of rotatable bonds is 2. The molecule has 0 aromatic carbocycles. The van der Waals surface area contributed by atoms with E-state index in [1.165, 1.54) is 12.8 Å².